The second-order valence-electron chi connectivity index (χ2n) is 4.29. The van der Waals surface area contributed by atoms with E-state index in [0.29, 0.717) is 5.56 Å². The Hall–Kier alpha value is -1.42. The van der Waals surface area contributed by atoms with E-state index in [2.05, 4.69) is 0 Å². The van der Waals surface area contributed by atoms with Gasteiger partial charge in [-0.2, -0.15) is 0 Å². The van der Waals surface area contributed by atoms with Gasteiger partial charge in [0.1, 0.15) is 5.82 Å². The number of ether oxygens (including phenoxy) is 1. The van der Waals surface area contributed by atoms with E-state index in [-0.39, 0.29) is 25.3 Å². The Balaban J connectivity index is 2.62. The number of benzene rings is 1. The number of hydrogen-bond acceptors (Lipinski definition) is 3. The van der Waals surface area contributed by atoms with Crippen molar-refractivity contribution in [3.05, 3.63) is 35.6 Å². The minimum Gasteiger partial charge on any atom is -0.466 e. The quantitative estimate of drug-likeness (QED) is 0.801. The standard InChI is InChI=1S/C13H17FO3/c1-3-17-12(15)9-13(2,16)8-10-5-4-6-11(14)7-10/h4-7,16H,3,8-9H2,1-2H3. The van der Waals surface area contributed by atoms with Gasteiger partial charge in [-0.15, -0.1) is 0 Å². The fourth-order valence-electron chi connectivity index (χ4n) is 1.67. The summed E-state index contributed by atoms with van der Waals surface area (Å²) < 4.78 is 17.7. The molecule has 0 heterocycles. The van der Waals surface area contributed by atoms with Crippen LogP contribution in [0.25, 0.3) is 0 Å². The summed E-state index contributed by atoms with van der Waals surface area (Å²) in [6.45, 7) is 3.53. The predicted octanol–water partition coefficient (Wildman–Crippen LogP) is 2.07. The molecule has 0 saturated carbocycles. The number of hydrogen-bond donors (Lipinski definition) is 1. The van der Waals surface area contributed by atoms with Crippen LogP contribution in [0.2, 0.25) is 0 Å². The number of carbonyl (C=O) groups is 1. The summed E-state index contributed by atoms with van der Waals surface area (Å²) in [5, 5.41) is 10.0. The Morgan fingerprint density at radius 2 is 2.24 bits per heavy atom. The van der Waals surface area contributed by atoms with Crippen molar-refractivity contribution in [3.63, 3.8) is 0 Å². The summed E-state index contributed by atoms with van der Waals surface area (Å²) in [6.07, 6.45) is 0.112. The van der Waals surface area contributed by atoms with Gasteiger partial charge in [0.15, 0.2) is 0 Å². The molecule has 1 aromatic rings. The van der Waals surface area contributed by atoms with Gasteiger partial charge in [0.2, 0.25) is 0 Å². The van der Waals surface area contributed by atoms with Gasteiger partial charge < -0.3 is 9.84 Å². The molecule has 3 nitrogen and oxygen atoms in total. The third kappa shape index (κ3) is 4.95. The van der Waals surface area contributed by atoms with Gasteiger partial charge in [-0.25, -0.2) is 4.39 Å². The molecule has 0 spiro atoms. The summed E-state index contributed by atoms with van der Waals surface area (Å²) in [4.78, 5) is 11.3. The van der Waals surface area contributed by atoms with Crippen molar-refractivity contribution in [2.45, 2.75) is 32.3 Å². The van der Waals surface area contributed by atoms with Crippen molar-refractivity contribution in [1.29, 1.82) is 0 Å². The van der Waals surface area contributed by atoms with Gasteiger partial charge in [-0.05, 0) is 31.5 Å². The van der Waals surface area contributed by atoms with Crippen molar-refractivity contribution in [2.24, 2.45) is 0 Å². The molecule has 1 N–H and O–H groups in total. The Morgan fingerprint density at radius 3 is 2.82 bits per heavy atom. The normalized spacial score (nSPS) is 14.1. The van der Waals surface area contributed by atoms with Gasteiger partial charge in [-0.1, -0.05) is 12.1 Å². The summed E-state index contributed by atoms with van der Waals surface area (Å²) in [7, 11) is 0. The van der Waals surface area contributed by atoms with E-state index in [1.54, 1.807) is 19.1 Å². The largest absolute Gasteiger partial charge is 0.466 e. The molecule has 94 valence electrons. The second kappa shape index (κ2) is 5.77. The molecule has 0 radical (unpaired) electrons. The number of esters is 1. The molecule has 0 saturated heterocycles. The first-order valence-corrected chi connectivity index (χ1v) is 5.55. The molecule has 0 aliphatic heterocycles. The number of rotatable bonds is 5. The lowest BCUT2D eigenvalue weighted by Gasteiger charge is -2.22. The molecular weight excluding hydrogens is 223 g/mol. The van der Waals surface area contributed by atoms with Crippen molar-refractivity contribution < 1.29 is 19.0 Å². The number of halogens is 1. The SMILES string of the molecule is CCOC(=O)CC(C)(O)Cc1cccc(F)c1. The molecule has 1 unspecified atom stereocenters. The zero-order valence-electron chi connectivity index (χ0n) is 10.1. The molecule has 0 fully saturated rings. The first kappa shape index (κ1) is 13.6. The van der Waals surface area contributed by atoms with Gasteiger partial charge in [-0.3, -0.25) is 4.79 Å². The highest BCUT2D eigenvalue weighted by atomic mass is 19.1. The summed E-state index contributed by atoms with van der Waals surface area (Å²) in [5.74, 6) is -0.802. The molecule has 0 aliphatic rings. The van der Waals surface area contributed by atoms with Crippen molar-refractivity contribution in [1.82, 2.24) is 0 Å². The summed E-state index contributed by atoms with van der Waals surface area (Å²) in [6, 6.07) is 5.97. The van der Waals surface area contributed by atoms with E-state index in [4.69, 9.17) is 4.74 Å². The Labute approximate surface area is 100 Å². The van der Waals surface area contributed by atoms with Crippen molar-refractivity contribution in [2.75, 3.05) is 6.61 Å². The lowest BCUT2D eigenvalue weighted by Crippen LogP contribution is -2.31. The third-order valence-electron chi connectivity index (χ3n) is 2.30. The topological polar surface area (TPSA) is 46.5 Å². The molecule has 0 aromatic heterocycles. The Morgan fingerprint density at radius 1 is 1.53 bits per heavy atom. The Bertz CT molecular complexity index is 388. The molecule has 17 heavy (non-hydrogen) atoms. The molecule has 0 amide bonds. The zero-order chi connectivity index (χ0) is 12.9. The zero-order valence-corrected chi connectivity index (χ0v) is 10.1. The minimum absolute atomic E-state index is 0.0998. The lowest BCUT2D eigenvalue weighted by atomic mass is 9.93. The molecule has 1 rings (SSSR count). The monoisotopic (exact) mass is 240 g/mol. The molecule has 0 aliphatic carbocycles. The van der Waals surface area contributed by atoms with E-state index >= 15 is 0 Å². The van der Waals surface area contributed by atoms with Crippen LogP contribution in [0.5, 0.6) is 0 Å². The van der Waals surface area contributed by atoms with E-state index in [0.717, 1.165) is 0 Å². The molecule has 1 atom stereocenters. The first-order valence-electron chi connectivity index (χ1n) is 5.55. The molecule has 1 aromatic carbocycles. The number of carbonyl (C=O) groups excluding carboxylic acids is 1. The van der Waals surface area contributed by atoms with E-state index in [9.17, 15) is 14.3 Å². The summed E-state index contributed by atoms with van der Waals surface area (Å²) in [5.41, 5.74) is -0.570. The van der Waals surface area contributed by atoms with Crippen LogP contribution in [-0.4, -0.2) is 23.3 Å². The fraction of sp³-hybridized carbons (Fsp3) is 0.462. The van der Waals surface area contributed by atoms with Crippen LogP contribution >= 0.6 is 0 Å². The van der Waals surface area contributed by atoms with Crippen LogP contribution in [0.3, 0.4) is 0 Å². The minimum atomic E-state index is -1.22. The molecule has 4 heteroatoms. The van der Waals surface area contributed by atoms with E-state index in [1.807, 2.05) is 0 Å². The van der Waals surface area contributed by atoms with Crippen molar-refractivity contribution in [3.8, 4) is 0 Å². The summed E-state index contributed by atoms with van der Waals surface area (Å²) >= 11 is 0. The smallest absolute Gasteiger partial charge is 0.308 e. The average molecular weight is 240 g/mol. The second-order valence-corrected chi connectivity index (χ2v) is 4.29. The van der Waals surface area contributed by atoms with Crippen LogP contribution < -0.4 is 0 Å². The maximum atomic E-state index is 13.0. The highest BCUT2D eigenvalue weighted by Gasteiger charge is 2.25. The lowest BCUT2D eigenvalue weighted by molar-refractivity contribution is -0.148. The highest BCUT2D eigenvalue weighted by Crippen LogP contribution is 2.18. The van der Waals surface area contributed by atoms with Crippen LogP contribution in [0.15, 0.2) is 24.3 Å². The maximum absolute atomic E-state index is 13.0. The van der Waals surface area contributed by atoms with E-state index in [1.165, 1.54) is 19.1 Å². The van der Waals surface area contributed by atoms with Crippen LogP contribution in [0, 0.1) is 5.82 Å². The third-order valence-corrected chi connectivity index (χ3v) is 2.30. The average Bonchev–Trinajstić information content (AvgIpc) is 2.15. The van der Waals surface area contributed by atoms with Crippen LogP contribution in [0.4, 0.5) is 4.39 Å². The maximum Gasteiger partial charge on any atom is 0.308 e. The van der Waals surface area contributed by atoms with Crippen molar-refractivity contribution >= 4 is 5.97 Å². The molecule has 0 bridgehead atoms. The number of aliphatic hydroxyl groups is 1. The van der Waals surface area contributed by atoms with Gasteiger partial charge in [0.25, 0.3) is 0 Å². The van der Waals surface area contributed by atoms with Crippen LogP contribution in [0.1, 0.15) is 25.8 Å². The van der Waals surface area contributed by atoms with Crippen LogP contribution in [-0.2, 0) is 16.0 Å². The van der Waals surface area contributed by atoms with Gasteiger partial charge in [0.05, 0.1) is 18.6 Å². The fourth-order valence-corrected chi connectivity index (χ4v) is 1.67. The first-order chi connectivity index (χ1) is 7.93. The van der Waals surface area contributed by atoms with Gasteiger partial charge in [0, 0.05) is 6.42 Å². The predicted molar refractivity (Wildman–Crippen MR) is 62.0 cm³/mol. The van der Waals surface area contributed by atoms with E-state index < -0.39 is 11.6 Å². The highest BCUT2D eigenvalue weighted by molar-refractivity contribution is 5.70. The van der Waals surface area contributed by atoms with Gasteiger partial charge >= 0.3 is 5.97 Å². The Kier molecular flexibility index (Phi) is 4.63. The molecular formula is C13H17FO3.